The number of guanidine groups is 1. The second kappa shape index (κ2) is 11.2. The van der Waals surface area contributed by atoms with Crippen molar-refractivity contribution in [1.29, 1.82) is 0 Å². The SMILES string of the molecule is CCNC(=NCc1nccn1CC(C)C)N1CCC(COCCOC)C1. The quantitative estimate of drug-likeness (QED) is 0.390. The molecule has 1 unspecified atom stereocenters. The van der Waals surface area contributed by atoms with Gasteiger partial charge in [0, 0.05) is 51.6 Å². The molecule has 1 aromatic heterocycles. The van der Waals surface area contributed by atoms with Gasteiger partial charge in [0.1, 0.15) is 12.4 Å². The van der Waals surface area contributed by atoms with E-state index in [1.54, 1.807) is 7.11 Å². The van der Waals surface area contributed by atoms with Gasteiger partial charge in [-0.25, -0.2) is 9.98 Å². The van der Waals surface area contributed by atoms with Crippen molar-refractivity contribution < 1.29 is 9.47 Å². The van der Waals surface area contributed by atoms with Gasteiger partial charge in [-0.2, -0.15) is 0 Å². The topological polar surface area (TPSA) is 63.9 Å². The van der Waals surface area contributed by atoms with Crippen LogP contribution in [0.5, 0.6) is 0 Å². The number of likely N-dealkylation sites (tertiary alicyclic amines) is 1. The Morgan fingerprint density at radius 1 is 1.42 bits per heavy atom. The first-order valence-corrected chi connectivity index (χ1v) is 9.74. The molecule has 2 heterocycles. The van der Waals surface area contributed by atoms with Crippen molar-refractivity contribution in [2.45, 2.75) is 40.3 Å². The monoisotopic (exact) mass is 365 g/mol. The Morgan fingerprint density at radius 2 is 2.27 bits per heavy atom. The summed E-state index contributed by atoms with van der Waals surface area (Å²) in [6.07, 6.45) is 5.05. The van der Waals surface area contributed by atoms with E-state index in [0.29, 0.717) is 31.6 Å². The van der Waals surface area contributed by atoms with E-state index >= 15 is 0 Å². The van der Waals surface area contributed by atoms with Crippen molar-refractivity contribution in [3.05, 3.63) is 18.2 Å². The number of methoxy groups -OCH3 is 1. The van der Waals surface area contributed by atoms with Gasteiger partial charge in [-0.3, -0.25) is 0 Å². The molecule has 0 amide bonds. The fourth-order valence-corrected chi connectivity index (χ4v) is 3.18. The summed E-state index contributed by atoms with van der Waals surface area (Å²) in [6, 6.07) is 0. The number of imidazole rings is 1. The Labute approximate surface area is 157 Å². The highest BCUT2D eigenvalue weighted by atomic mass is 16.5. The maximum atomic E-state index is 5.69. The molecule has 0 radical (unpaired) electrons. The first kappa shape index (κ1) is 20.7. The summed E-state index contributed by atoms with van der Waals surface area (Å²) in [5.41, 5.74) is 0. The van der Waals surface area contributed by atoms with Gasteiger partial charge in [0.15, 0.2) is 5.96 Å². The van der Waals surface area contributed by atoms with Crippen LogP contribution in [-0.4, -0.2) is 67.0 Å². The highest BCUT2D eigenvalue weighted by molar-refractivity contribution is 5.80. The molecule has 1 saturated heterocycles. The van der Waals surface area contributed by atoms with Crippen LogP contribution in [0.3, 0.4) is 0 Å². The molecule has 0 aliphatic carbocycles. The summed E-state index contributed by atoms with van der Waals surface area (Å²) in [4.78, 5) is 11.7. The van der Waals surface area contributed by atoms with Gasteiger partial charge in [0.05, 0.1) is 19.8 Å². The van der Waals surface area contributed by atoms with Crippen LogP contribution in [-0.2, 0) is 22.6 Å². The number of hydrogen-bond acceptors (Lipinski definition) is 4. The second-order valence-corrected chi connectivity index (χ2v) is 7.23. The third-order valence-corrected chi connectivity index (χ3v) is 4.44. The molecule has 1 aliphatic heterocycles. The molecule has 1 aliphatic rings. The molecule has 1 aromatic rings. The molecule has 0 saturated carbocycles. The highest BCUT2D eigenvalue weighted by Gasteiger charge is 2.25. The van der Waals surface area contributed by atoms with Crippen LogP contribution in [0.1, 0.15) is 33.0 Å². The van der Waals surface area contributed by atoms with Crippen LogP contribution < -0.4 is 5.32 Å². The largest absolute Gasteiger partial charge is 0.382 e. The van der Waals surface area contributed by atoms with Crippen LogP contribution in [0, 0.1) is 11.8 Å². The van der Waals surface area contributed by atoms with Crippen LogP contribution in [0.25, 0.3) is 0 Å². The van der Waals surface area contributed by atoms with E-state index in [2.05, 4.69) is 40.5 Å². The second-order valence-electron chi connectivity index (χ2n) is 7.23. The lowest BCUT2D eigenvalue weighted by atomic mass is 10.1. The van der Waals surface area contributed by atoms with Gasteiger partial charge in [-0.05, 0) is 19.3 Å². The van der Waals surface area contributed by atoms with E-state index in [1.807, 2.05) is 12.4 Å². The standard InChI is InChI=1S/C19H35N5O2/c1-5-20-19(22-12-18-21-7-9-23(18)13-16(2)3)24-8-6-17(14-24)15-26-11-10-25-4/h7,9,16-17H,5-6,8,10-15H2,1-4H3,(H,20,22). The number of nitrogens with zero attached hydrogens (tertiary/aromatic N) is 4. The number of rotatable bonds is 10. The fraction of sp³-hybridized carbons (Fsp3) is 0.789. The third-order valence-electron chi connectivity index (χ3n) is 4.44. The van der Waals surface area contributed by atoms with Crippen molar-refractivity contribution in [3.63, 3.8) is 0 Å². The van der Waals surface area contributed by atoms with Gasteiger partial charge in [0.2, 0.25) is 0 Å². The van der Waals surface area contributed by atoms with E-state index in [9.17, 15) is 0 Å². The average molecular weight is 366 g/mol. The number of ether oxygens (including phenoxy) is 2. The van der Waals surface area contributed by atoms with E-state index in [1.165, 1.54) is 0 Å². The van der Waals surface area contributed by atoms with E-state index in [0.717, 1.165) is 51.0 Å². The van der Waals surface area contributed by atoms with Gasteiger partial charge in [-0.1, -0.05) is 13.8 Å². The predicted molar refractivity (Wildman–Crippen MR) is 104 cm³/mol. The lowest BCUT2D eigenvalue weighted by molar-refractivity contribution is 0.0536. The Morgan fingerprint density at radius 3 is 3.00 bits per heavy atom. The van der Waals surface area contributed by atoms with Crippen molar-refractivity contribution in [2.24, 2.45) is 16.8 Å². The average Bonchev–Trinajstić information content (AvgIpc) is 3.25. The summed E-state index contributed by atoms with van der Waals surface area (Å²) in [7, 11) is 1.70. The lowest BCUT2D eigenvalue weighted by Gasteiger charge is -2.21. The maximum absolute atomic E-state index is 5.69. The molecule has 148 valence electrons. The van der Waals surface area contributed by atoms with Crippen molar-refractivity contribution >= 4 is 5.96 Å². The summed E-state index contributed by atoms with van der Waals surface area (Å²) >= 11 is 0. The molecular formula is C19H35N5O2. The molecule has 0 bridgehead atoms. The van der Waals surface area contributed by atoms with E-state index in [4.69, 9.17) is 14.5 Å². The molecule has 26 heavy (non-hydrogen) atoms. The zero-order chi connectivity index (χ0) is 18.8. The van der Waals surface area contributed by atoms with Gasteiger partial charge in [0.25, 0.3) is 0 Å². The zero-order valence-corrected chi connectivity index (χ0v) is 16.8. The van der Waals surface area contributed by atoms with Gasteiger partial charge >= 0.3 is 0 Å². The molecule has 0 spiro atoms. The molecule has 2 rings (SSSR count). The smallest absolute Gasteiger partial charge is 0.194 e. The molecule has 7 heteroatoms. The summed E-state index contributed by atoms with van der Waals surface area (Å²) in [5.74, 6) is 3.15. The molecule has 1 N–H and O–H groups in total. The molecule has 7 nitrogen and oxygen atoms in total. The van der Waals surface area contributed by atoms with Crippen LogP contribution in [0.2, 0.25) is 0 Å². The maximum Gasteiger partial charge on any atom is 0.194 e. The molecular weight excluding hydrogens is 330 g/mol. The Kier molecular flexibility index (Phi) is 8.91. The van der Waals surface area contributed by atoms with Gasteiger partial charge < -0.3 is 24.3 Å². The number of hydrogen-bond donors (Lipinski definition) is 1. The third kappa shape index (κ3) is 6.61. The number of nitrogens with one attached hydrogen (secondary N) is 1. The minimum absolute atomic E-state index is 0.554. The minimum atomic E-state index is 0.554. The molecule has 1 atom stereocenters. The minimum Gasteiger partial charge on any atom is -0.382 e. The number of aromatic nitrogens is 2. The van der Waals surface area contributed by atoms with E-state index in [-0.39, 0.29) is 0 Å². The summed E-state index contributed by atoms with van der Waals surface area (Å²) < 4.78 is 12.9. The normalized spacial score (nSPS) is 18.1. The van der Waals surface area contributed by atoms with Crippen molar-refractivity contribution in [3.8, 4) is 0 Å². The Hall–Kier alpha value is -1.60. The van der Waals surface area contributed by atoms with Crippen LogP contribution >= 0.6 is 0 Å². The van der Waals surface area contributed by atoms with E-state index < -0.39 is 0 Å². The summed E-state index contributed by atoms with van der Waals surface area (Å²) in [6.45, 7) is 13.1. The Bertz CT molecular complexity index is 544. The van der Waals surface area contributed by atoms with Crippen LogP contribution in [0.4, 0.5) is 0 Å². The lowest BCUT2D eigenvalue weighted by Crippen LogP contribution is -2.40. The van der Waals surface area contributed by atoms with Crippen LogP contribution in [0.15, 0.2) is 17.4 Å². The predicted octanol–water partition coefficient (Wildman–Crippen LogP) is 1.99. The summed E-state index contributed by atoms with van der Waals surface area (Å²) in [5, 5.41) is 3.42. The molecule has 1 fully saturated rings. The van der Waals surface area contributed by atoms with Crippen molar-refractivity contribution in [2.75, 3.05) is 46.6 Å². The first-order valence-electron chi connectivity index (χ1n) is 9.74. The number of aliphatic imine (C=N–C) groups is 1. The molecule has 0 aromatic carbocycles. The zero-order valence-electron chi connectivity index (χ0n) is 16.8. The van der Waals surface area contributed by atoms with Gasteiger partial charge in [-0.15, -0.1) is 0 Å². The highest BCUT2D eigenvalue weighted by Crippen LogP contribution is 2.17. The Balaban J connectivity index is 1.90. The van der Waals surface area contributed by atoms with Crippen molar-refractivity contribution in [1.82, 2.24) is 19.8 Å². The first-order chi connectivity index (χ1) is 12.6. The fourth-order valence-electron chi connectivity index (χ4n) is 3.18.